The van der Waals surface area contributed by atoms with Gasteiger partial charge in [-0.15, -0.1) is 0 Å². The molecule has 2 unspecified atom stereocenters. The van der Waals surface area contributed by atoms with E-state index in [9.17, 15) is 9.59 Å². The number of hydrogen-bond donors (Lipinski definition) is 1. The molecule has 2 atom stereocenters. The van der Waals surface area contributed by atoms with Gasteiger partial charge in [0.15, 0.2) is 0 Å². The molecule has 0 aromatic rings. The molecule has 1 saturated heterocycles. The van der Waals surface area contributed by atoms with E-state index in [1.165, 1.54) is 10.5 Å². The highest BCUT2D eigenvalue weighted by Crippen LogP contribution is 2.43. The molecule has 2 amide bonds. The Labute approximate surface area is 107 Å². The Morgan fingerprint density at radius 1 is 1.28 bits per heavy atom. The van der Waals surface area contributed by atoms with Gasteiger partial charge in [-0.05, 0) is 31.7 Å². The molecule has 18 heavy (non-hydrogen) atoms. The van der Waals surface area contributed by atoms with Crippen LogP contribution < -0.4 is 5.32 Å². The predicted octanol–water partition coefficient (Wildman–Crippen LogP) is 0.937. The maximum atomic E-state index is 12.3. The molecule has 1 aliphatic carbocycles. The molecular weight excluding hydrogens is 228 g/mol. The monoisotopic (exact) mass is 248 g/mol. The van der Waals surface area contributed by atoms with E-state index in [0.29, 0.717) is 12.5 Å². The van der Waals surface area contributed by atoms with Gasteiger partial charge in [-0.3, -0.25) is 14.5 Å². The Balaban J connectivity index is 1.73. The van der Waals surface area contributed by atoms with E-state index < -0.39 is 0 Å². The number of nitrogens with one attached hydrogen (secondary N) is 1. The first-order chi connectivity index (χ1) is 8.66. The summed E-state index contributed by atoms with van der Waals surface area (Å²) in [7, 11) is 0. The molecule has 0 spiro atoms. The zero-order chi connectivity index (χ0) is 12.7. The fourth-order valence-electron chi connectivity index (χ4n) is 3.52. The minimum Gasteiger partial charge on any atom is -0.313 e. The van der Waals surface area contributed by atoms with Gasteiger partial charge in [0.05, 0.1) is 11.8 Å². The summed E-state index contributed by atoms with van der Waals surface area (Å²) in [4.78, 5) is 26.1. The summed E-state index contributed by atoms with van der Waals surface area (Å²) in [5, 5.41) is 3.24. The predicted molar refractivity (Wildman–Crippen MR) is 67.7 cm³/mol. The third-order valence-corrected chi connectivity index (χ3v) is 4.48. The Hall–Kier alpha value is -1.16. The quantitative estimate of drug-likeness (QED) is 0.584. The number of likely N-dealkylation sites (tertiary alicyclic amines) is 1. The molecule has 3 rings (SSSR count). The van der Waals surface area contributed by atoms with Crippen molar-refractivity contribution in [2.24, 2.45) is 17.8 Å². The number of carbonyl (C=O) groups excluding carboxylic acids is 2. The Morgan fingerprint density at radius 2 is 1.94 bits per heavy atom. The third-order valence-electron chi connectivity index (χ3n) is 4.48. The van der Waals surface area contributed by atoms with Crippen LogP contribution in [0.1, 0.15) is 26.2 Å². The lowest BCUT2D eigenvalue weighted by Crippen LogP contribution is -2.35. The maximum Gasteiger partial charge on any atom is 0.233 e. The van der Waals surface area contributed by atoms with Crippen molar-refractivity contribution in [3.63, 3.8) is 0 Å². The van der Waals surface area contributed by atoms with Crippen molar-refractivity contribution in [3.8, 4) is 0 Å². The second-order valence-electron chi connectivity index (χ2n) is 5.87. The van der Waals surface area contributed by atoms with Crippen molar-refractivity contribution >= 4 is 11.8 Å². The van der Waals surface area contributed by atoms with Crippen molar-refractivity contribution in [1.29, 1.82) is 0 Å². The maximum absolute atomic E-state index is 12.3. The van der Waals surface area contributed by atoms with Crippen LogP contribution in [0, 0.1) is 17.8 Å². The fourth-order valence-corrected chi connectivity index (χ4v) is 3.52. The van der Waals surface area contributed by atoms with E-state index in [4.69, 9.17) is 0 Å². The summed E-state index contributed by atoms with van der Waals surface area (Å²) in [5.41, 5.74) is 1.23. The van der Waals surface area contributed by atoms with Crippen LogP contribution in [0.3, 0.4) is 0 Å². The van der Waals surface area contributed by atoms with Crippen LogP contribution in [-0.2, 0) is 9.59 Å². The molecule has 2 aliphatic heterocycles. The van der Waals surface area contributed by atoms with Gasteiger partial charge in [0.1, 0.15) is 0 Å². The van der Waals surface area contributed by atoms with Crippen LogP contribution in [-0.4, -0.2) is 36.3 Å². The Morgan fingerprint density at radius 3 is 2.50 bits per heavy atom. The molecule has 0 aromatic carbocycles. The van der Waals surface area contributed by atoms with Gasteiger partial charge in [0.2, 0.25) is 11.8 Å². The van der Waals surface area contributed by atoms with Gasteiger partial charge < -0.3 is 5.32 Å². The van der Waals surface area contributed by atoms with Crippen LogP contribution in [0.25, 0.3) is 0 Å². The van der Waals surface area contributed by atoms with E-state index >= 15 is 0 Å². The van der Waals surface area contributed by atoms with E-state index in [1.54, 1.807) is 0 Å². The van der Waals surface area contributed by atoms with Crippen molar-refractivity contribution in [1.82, 2.24) is 10.2 Å². The topological polar surface area (TPSA) is 49.4 Å². The number of rotatable bonds is 2. The summed E-state index contributed by atoms with van der Waals surface area (Å²) >= 11 is 0. The molecule has 0 bridgehead atoms. The van der Waals surface area contributed by atoms with Crippen molar-refractivity contribution in [2.45, 2.75) is 26.2 Å². The number of fused-ring (bicyclic) bond motifs is 1. The first-order valence-electron chi connectivity index (χ1n) is 6.90. The van der Waals surface area contributed by atoms with Crippen LogP contribution >= 0.6 is 0 Å². The summed E-state index contributed by atoms with van der Waals surface area (Å²) in [6.07, 6.45) is 4.85. The van der Waals surface area contributed by atoms with Gasteiger partial charge in [-0.2, -0.15) is 0 Å². The smallest absolute Gasteiger partial charge is 0.233 e. The van der Waals surface area contributed by atoms with Gasteiger partial charge in [-0.25, -0.2) is 0 Å². The molecular formula is C14H20N2O2. The van der Waals surface area contributed by atoms with Crippen molar-refractivity contribution < 1.29 is 9.59 Å². The first kappa shape index (κ1) is 11.9. The van der Waals surface area contributed by atoms with Gasteiger partial charge in [0.25, 0.3) is 0 Å². The number of carbonyl (C=O) groups is 2. The number of nitrogens with zero attached hydrogens (tertiary/aromatic N) is 1. The van der Waals surface area contributed by atoms with E-state index in [0.717, 1.165) is 32.4 Å². The SMILES string of the molecule is CC1CC2C(=O)N(CC3=CCNCC3)C(=O)C2C1. The summed E-state index contributed by atoms with van der Waals surface area (Å²) in [6, 6.07) is 0. The standard InChI is InChI=1S/C14H20N2O2/c1-9-6-11-12(7-9)14(18)16(13(11)17)8-10-2-4-15-5-3-10/h2,9,11-12,15H,3-8H2,1H3. The lowest BCUT2D eigenvalue weighted by Gasteiger charge is -2.21. The highest BCUT2D eigenvalue weighted by Gasteiger charge is 2.51. The summed E-state index contributed by atoms with van der Waals surface area (Å²) in [6.45, 7) is 4.47. The number of hydrogen-bond acceptors (Lipinski definition) is 3. The van der Waals surface area contributed by atoms with Crippen LogP contribution in [0.4, 0.5) is 0 Å². The highest BCUT2D eigenvalue weighted by molar-refractivity contribution is 6.05. The number of imide groups is 1. The minimum atomic E-state index is -0.0187. The molecule has 4 nitrogen and oxygen atoms in total. The summed E-state index contributed by atoms with van der Waals surface area (Å²) < 4.78 is 0. The Bertz CT molecular complexity index is 392. The molecule has 98 valence electrons. The molecule has 0 radical (unpaired) electrons. The van der Waals surface area contributed by atoms with E-state index in [-0.39, 0.29) is 23.7 Å². The second kappa shape index (κ2) is 4.50. The van der Waals surface area contributed by atoms with E-state index in [1.807, 2.05) is 0 Å². The molecule has 1 N–H and O–H groups in total. The van der Waals surface area contributed by atoms with Crippen LogP contribution in [0.5, 0.6) is 0 Å². The molecule has 3 aliphatic rings. The van der Waals surface area contributed by atoms with Crippen molar-refractivity contribution in [2.75, 3.05) is 19.6 Å². The Kier molecular flexibility index (Phi) is 2.98. The minimum absolute atomic E-state index is 0.0187. The lowest BCUT2D eigenvalue weighted by molar-refractivity contribution is -0.140. The fraction of sp³-hybridized carbons (Fsp3) is 0.714. The van der Waals surface area contributed by atoms with Gasteiger partial charge in [0, 0.05) is 13.1 Å². The average molecular weight is 248 g/mol. The normalized spacial score (nSPS) is 35.9. The average Bonchev–Trinajstić information content (AvgIpc) is 2.85. The third kappa shape index (κ3) is 1.88. The molecule has 4 heteroatoms. The zero-order valence-electron chi connectivity index (χ0n) is 10.8. The highest BCUT2D eigenvalue weighted by atomic mass is 16.2. The molecule has 2 fully saturated rings. The molecule has 2 heterocycles. The lowest BCUT2D eigenvalue weighted by atomic mass is 10.00. The van der Waals surface area contributed by atoms with Gasteiger partial charge in [-0.1, -0.05) is 18.6 Å². The van der Waals surface area contributed by atoms with Crippen LogP contribution in [0.2, 0.25) is 0 Å². The van der Waals surface area contributed by atoms with Crippen molar-refractivity contribution in [3.05, 3.63) is 11.6 Å². The number of amides is 2. The largest absolute Gasteiger partial charge is 0.313 e. The van der Waals surface area contributed by atoms with Gasteiger partial charge >= 0.3 is 0 Å². The summed E-state index contributed by atoms with van der Waals surface area (Å²) in [5.74, 6) is 0.639. The van der Waals surface area contributed by atoms with Crippen LogP contribution in [0.15, 0.2) is 11.6 Å². The molecule has 0 aromatic heterocycles. The first-order valence-corrected chi connectivity index (χ1v) is 6.90. The molecule has 1 saturated carbocycles. The van der Waals surface area contributed by atoms with E-state index in [2.05, 4.69) is 18.3 Å². The zero-order valence-corrected chi connectivity index (χ0v) is 10.8. The second-order valence-corrected chi connectivity index (χ2v) is 5.87.